The van der Waals surface area contributed by atoms with E-state index in [1.807, 2.05) is 24.3 Å². The number of anilines is 1. The van der Waals surface area contributed by atoms with Gasteiger partial charge in [0.25, 0.3) is 0 Å². The van der Waals surface area contributed by atoms with Crippen molar-refractivity contribution in [3.8, 4) is 5.75 Å². The summed E-state index contributed by atoms with van der Waals surface area (Å²) in [5.74, 6) is 1.31. The summed E-state index contributed by atoms with van der Waals surface area (Å²) in [6.45, 7) is 0.409. The Labute approximate surface area is 172 Å². The van der Waals surface area contributed by atoms with Gasteiger partial charge in [-0.3, -0.25) is 9.59 Å². The number of methoxy groups -OCH3 is 1. The fraction of sp³-hybridized carbons (Fsp3) is 0.619. The number of ether oxygens (including phenoxy) is 1. The molecule has 3 aliphatic rings. The number of amides is 2. The van der Waals surface area contributed by atoms with E-state index >= 15 is 0 Å². The van der Waals surface area contributed by atoms with Crippen LogP contribution < -0.4 is 20.7 Å². The number of para-hydroxylation sites is 2. The summed E-state index contributed by atoms with van der Waals surface area (Å²) in [5.41, 5.74) is 6.93. The lowest BCUT2D eigenvalue weighted by atomic mass is 9.67. The molecule has 0 aromatic heterocycles. The molecule has 2 bridgehead atoms. The fourth-order valence-electron chi connectivity index (χ4n) is 5.28. The summed E-state index contributed by atoms with van der Waals surface area (Å²) in [5, 5.41) is 3.30. The summed E-state index contributed by atoms with van der Waals surface area (Å²) in [6, 6.07) is 7.95. The van der Waals surface area contributed by atoms with Crippen LogP contribution >= 0.6 is 12.4 Å². The second kappa shape index (κ2) is 8.70. The molecule has 2 saturated carbocycles. The monoisotopic (exact) mass is 407 g/mol. The second-order valence-corrected chi connectivity index (χ2v) is 8.29. The molecule has 0 spiro atoms. The van der Waals surface area contributed by atoms with Crippen molar-refractivity contribution in [2.24, 2.45) is 23.5 Å². The van der Waals surface area contributed by atoms with Crippen LogP contribution in [0.3, 0.4) is 0 Å². The Bertz CT molecular complexity index is 715. The average Bonchev–Trinajstić information content (AvgIpc) is 3.04. The Morgan fingerprint density at radius 3 is 2.57 bits per heavy atom. The quantitative estimate of drug-likeness (QED) is 0.803. The Hall–Kier alpha value is -1.79. The SMILES string of the molecule is COc1ccccc1N1CC(C(=O)NC2C3CCCC2CC(N)C3)CC1=O.Cl. The summed E-state index contributed by atoms with van der Waals surface area (Å²) >= 11 is 0. The lowest BCUT2D eigenvalue weighted by Gasteiger charge is -2.45. The number of halogens is 1. The van der Waals surface area contributed by atoms with E-state index in [1.165, 1.54) is 6.42 Å². The third-order valence-electron chi connectivity index (χ3n) is 6.56. The zero-order valence-corrected chi connectivity index (χ0v) is 17.1. The number of carbonyl (C=O) groups excluding carboxylic acids is 2. The number of nitrogens with zero attached hydrogens (tertiary/aromatic N) is 1. The average molecular weight is 408 g/mol. The summed E-state index contributed by atoms with van der Waals surface area (Å²) in [4.78, 5) is 27.2. The molecule has 4 rings (SSSR count). The molecule has 154 valence electrons. The molecule has 6 nitrogen and oxygen atoms in total. The van der Waals surface area contributed by atoms with Crippen LogP contribution in [0.5, 0.6) is 5.75 Å². The van der Waals surface area contributed by atoms with Gasteiger partial charge in [-0.05, 0) is 49.7 Å². The molecule has 1 saturated heterocycles. The molecule has 0 radical (unpaired) electrons. The molecule has 1 aromatic rings. The molecule has 2 aliphatic carbocycles. The molecule has 28 heavy (non-hydrogen) atoms. The topological polar surface area (TPSA) is 84.7 Å². The highest BCUT2D eigenvalue weighted by Crippen LogP contribution is 2.40. The number of hydrogen-bond donors (Lipinski definition) is 2. The van der Waals surface area contributed by atoms with Crippen LogP contribution in [0.25, 0.3) is 0 Å². The Balaban J connectivity index is 0.00000225. The van der Waals surface area contributed by atoms with Gasteiger partial charge in [-0.25, -0.2) is 0 Å². The smallest absolute Gasteiger partial charge is 0.227 e. The highest BCUT2D eigenvalue weighted by atomic mass is 35.5. The van der Waals surface area contributed by atoms with Crippen LogP contribution in [0.4, 0.5) is 5.69 Å². The van der Waals surface area contributed by atoms with E-state index in [1.54, 1.807) is 12.0 Å². The molecular weight excluding hydrogens is 378 g/mol. The van der Waals surface area contributed by atoms with E-state index in [9.17, 15) is 9.59 Å². The first-order valence-electron chi connectivity index (χ1n) is 10.1. The molecular formula is C21H30ClN3O3. The van der Waals surface area contributed by atoms with Crippen LogP contribution in [0.1, 0.15) is 38.5 Å². The van der Waals surface area contributed by atoms with Crippen molar-refractivity contribution in [1.82, 2.24) is 5.32 Å². The number of nitrogens with two attached hydrogens (primary N) is 1. The molecule has 7 heteroatoms. The van der Waals surface area contributed by atoms with E-state index in [0.29, 0.717) is 24.1 Å². The molecule has 1 aromatic carbocycles. The number of fused-ring (bicyclic) bond motifs is 2. The minimum atomic E-state index is -0.307. The van der Waals surface area contributed by atoms with Gasteiger partial charge in [0.15, 0.2) is 0 Å². The van der Waals surface area contributed by atoms with Crippen LogP contribution in [-0.4, -0.2) is 37.6 Å². The minimum absolute atomic E-state index is 0. The van der Waals surface area contributed by atoms with Crippen molar-refractivity contribution >= 4 is 29.9 Å². The predicted octanol–water partition coefficient (Wildman–Crippen LogP) is 2.49. The first kappa shape index (κ1) is 20.9. The van der Waals surface area contributed by atoms with Gasteiger partial charge in [0.1, 0.15) is 5.75 Å². The van der Waals surface area contributed by atoms with Crippen LogP contribution in [0.15, 0.2) is 24.3 Å². The zero-order valence-electron chi connectivity index (χ0n) is 16.3. The fourth-order valence-corrected chi connectivity index (χ4v) is 5.28. The van der Waals surface area contributed by atoms with Gasteiger partial charge in [0.2, 0.25) is 11.8 Å². The standard InChI is InChI=1S/C21H29N3O3.ClH/c1-27-18-8-3-2-7-17(18)24-12-15(11-19(24)25)21(26)23-20-13-5-4-6-14(20)10-16(22)9-13;/h2-3,7-8,13-16,20H,4-6,9-12,22H2,1H3,(H,23,26);1H. The molecule has 3 N–H and O–H groups in total. The van der Waals surface area contributed by atoms with Crippen molar-refractivity contribution in [3.63, 3.8) is 0 Å². The maximum Gasteiger partial charge on any atom is 0.227 e. The molecule has 1 heterocycles. The predicted molar refractivity (Wildman–Crippen MR) is 111 cm³/mol. The van der Waals surface area contributed by atoms with E-state index in [-0.39, 0.29) is 48.6 Å². The Morgan fingerprint density at radius 2 is 1.89 bits per heavy atom. The molecule has 1 aliphatic heterocycles. The number of nitrogens with one attached hydrogen (secondary N) is 1. The number of hydrogen-bond acceptors (Lipinski definition) is 4. The van der Waals surface area contributed by atoms with E-state index in [4.69, 9.17) is 10.5 Å². The van der Waals surface area contributed by atoms with Gasteiger partial charge < -0.3 is 20.7 Å². The van der Waals surface area contributed by atoms with E-state index < -0.39 is 0 Å². The third-order valence-corrected chi connectivity index (χ3v) is 6.56. The van der Waals surface area contributed by atoms with Crippen molar-refractivity contribution in [2.45, 2.75) is 50.6 Å². The third kappa shape index (κ3) is 3.98. The summed E-state index contributed by atoms with van der Waals surface area (Å²) < 4.78 is 5.38. The van der Waals surface area contributed by atoms with Crippen molar-refractivity contribution in [2.75, 3.05) is 18.6 Å². The van der Waals surface area contributed by atoms with Crippen molar-refractivity contribution in [3.05, 3.63) is 24.3 Å². The van der Waals surface area contributed by atoms with Crippen LogP contribution in [-0.2, 0) is 9.59 Å². The van der Waals surface area contributed by atoms with Gasteiger partial charge >= 0.3 is 0 Å². The van der Waals surface area contributed by atoms with Gasteiger partial charge in [-0.2, -0.15) is 0 Å². The minimum Gasteiger partial charge on any atom is -0.495 e. The van der Waals surface area contributed by atoms with Gasteiger partial charge in [0.05, 0.1) is 18.7 Å². The molecule has 2 amide bonds. The van der Waals surface area contributed by atoms with E-state index in [0.717, 1.165) is 31.4 Å². The van der Waals surface area contributed by atoms with E-state index in [2.05, 4.69) is 5.32 Å². The lowest BCUT2D eigenvalue weighted by molar-refractivity contribution is -0.128. The largest absolute Gasteiger partial charge is 0.495 e. The zero-order chi connectivity index (χ0) is 19.0. The highest BCUT2D eigenvalue weighted by Gasteiger charge is 2.42. The Morgan fingerprint density at radius 1 is 1.21 bits per heavy atom. The first-order chi connectivity index (χ1) is 13.1. The molecule has 3 unspecified atom stereocenters. The van der Waals surface area contributed by atoms with Crippen LogP contribution in [0, 0.1) is 17.8 Å². The van der Waals surface area contributed by atoms with Gasteiger partial charge in [-0.1, -0.05) is 18.6 Å². The van der Waals surface area contributed by atoms with Gasteiger partial charge in [-0.15, -0.1) is 12.4 Å². The van der Waals surface area contributed by atoms with Crippen LogP contribution in [0.2, 0.25) is 0 Å². The maximum atomic E-state index is 13.0. The first-order valence-corrected chi connectivity index (χ1v) is 10.1. The van der Waals surface area contributed by atoms with Crippen molar-refractivity contribution < 1.29 is 14.3 Å². The normalized spacial score (nSPS) is 31.9. The molecule has 3 fully saturated rings. The molecule has 3 atom stereocenters. The highest BCUT2D eigenvalue weighted by molar-refractivity contribution is 6.01. The number of benzene rings is 1. The Kier molecular flexibility index (Phi) is 6.50. The lowest BCUT2D eigenvalue weighted by Crippen LogP contribution is -2.54. The summed E-state index contributed by atoms with van der Waals surface area (Å²) in [6.07, 6.45) is 5.78. The van der Waals surface area contributed by atoms with Gasteiger partial charge in [0, 0.05) is 25.0 Å². The number of carbonyl (C=O) groups is 2. The maximum absolute atomic E-state index is 13.0. The second-order valence-electron chi connectivity index (χ2n) is 8.29. The summed E-state index contributed by atoms with van der Waals surface area (Å²) in [7, 11) is 1.59. The number of rotatable bonds is 4. The van der Waals surface area contributed by atoms with Crippen molar-refractivity contribution in [1.29, 1.82) is 0 Å².